The topological polar surface area (TPSA) is 51.4 Å². The molecule has 0 bridgehead atoms. The van der Waals surface area contributed by atoms with Gasteiger partial charge in [0.15, 0.2) is 0 Å². The van der Waals surface area contributed by atoms with Crippen LogP contribution in [0.1, 0.15) is 49.6 Å². The largest absolute Gasteiger partial charge is 0.497 e. The molecular weight excluding hydrogens is 350 g/mol. The monoisotopic (exact) mass is 377 g/mol. The van der Waals surface area contributed by atoms with E-state index in [-0.39, 0.29) is 0 Å². The molecule has 1 aliphatic carbocycles. The van der Waals surface area contributed by atoms with Crippen LogP contribution in [0.25, 0.3) is 11.5 Å². The van der Waals surface area contributed by atoms with Crippen LogP contribution in [-0.2, 0) is 13.1 Å². The first-order valence-electron chi connectivity index (χ1n) is 9.92. The van der Waals surface area contributed by atoms with Gasteiger partial charge in [0.05, 0.1) is 13.7 Å². The third kappa shape index (κ3) is 4.42. The highest BCUT2D eigenvalue weighted by Crippen LogP contribution is 2.30. The third-order valence-corrected chi connectivity index (χ3v) is 5.24. The zero-order chi connectivity index (χ0) is 19.5. The van der Waals surface area contributed by atoms with E-state index in [2.05, 4.69) is 53.2 Å². The molecule has 1 fully saturated rings. The van der Waals surface area contributed by atoms with Gasteiger partial charge in [0.25, 0.3) is 0 Å². The highest BCUT2D eigenvalue weighted by molar-refractivity contribution is 5.53. The first-order valence-corrected chi connectivity index (χ1v) is 9.92. The molecule has 5 heteroatoms. The fraction of sp³-hybridized carbons (Fsp3) is 0.391. The Labute approximate surface area is 166 Å². The number of hydrogen-bond donors (Lipinski definition) is 0. The van der Waals surface area contributed by atoms with Gasteiger partial charge in [-0.05, 0) is 54.2 Å². The Hall–Kier alpha value is -2.66. The summed E-state index contributed by atoms with van der Waals surface area (Å²) in [6.07, 6.45) is 2.48. The minimum atomic E-state index is 0.551. The average molecular weight is 377 g/mol. The maximum absolute atomic E-state index is 5.94. The van der Waals surface area contributed by atoms with Crippen molar-refractivity contribution in [2.45, 2.75) is 51.7 Å². The van der Waals surface area contributed by atoms with Crippen molar-refractivity contribution < 1.29 is 9.15 Å². The molecule has 0 amide bonds. The zero-order valence-electron chi connectivity index (χ0n) is 16.8. The van der Waals surface area contributed by atoms with Crippen molar-refractivity contribution in [1.82, 2.24) is 15.1 Å². The Balaban J connectivity index is 1.44. The van der Waals surface area contributed by atoms with Gasteiger partial charge in [-0.3, -0.25) is 4.90 Å². The van der Waals surface area contributed by atoms with E-state index in [4.69, 9.17) is 9.15 Å². The standard InChI is InChI=1S/C23H27N3O2/c1-16(2)18-6-4-17(5-7-18)14-26(20-10-11-20)15-22-24-25-23(28-22)19-8-12-21(27-3)13-9-19/h4-9,12-13,16,20H,10-11,14-15H2,1-3H3. The van der Waals surface area contributed by atoms with Crippen LogP contribution in [0, 0.1) is 0 Å². The molecule has 0 unspecified atom stereocenters. The Bertz CT molecular complexity index is 896. The predicted octanol–water partition coefficient (Wildman–Crippen LogP) is 5.03. The van der Waals surface area contributed by atoms with Crippen molar-refractivity contribution in [2.24, 2.45) is 0 Å². The smallest absolute Gasteiger partial charge is 0.247 e. The fourth-order valence-electron chi connectivity index (χ4n) is 3.34. The maximum atomic E-state index is 5.94. The molecular formula is C23H27N3O2. The normalized spacial score (nSPS) is 14.0. The van der Waals surface area contributed by atoms with Crippen molar-refractivity contribution in [2.75, 3.05) is 7.11 Å². The molecule has 0 atom stereocenters. The summed E-state index contributed by atoms with van der Waals surface area (Å²) in [6, 6.07) is 17.2. The molecule has 1 aromatic heterocycles. The molecule has 0 spiro atoms. The lowest BCUT2D eigenvalue weighted by Gasteiger charge is -2.20. The van der Waals surface area contributed by atoms with E-state index in [0.29, 0.717) is 30.3 Å². The SMILES string of the molecule is COc1ccc(-c2nnc(CN(Cc3ccc(C(C)C)cc3)C3CC3)o2)cc1. The van der Waals surface area contributed by atoms with Crippen LogP contribution in [0.4, 0.5) is 0 Å². The highest BCUT2D eigenvalue weighted by atomic mass is 16.5. The van der Waals surface area contributed by atoms with Crippen LogP contribution >= 0.6 is 0 Å². The number of nitrogens with zero attached hydrogens (tertiary/aromatic N) is 3. The van der Waals surface area contributed by atoms with Gasteiger partial charge >= 0.3 is 0 Å². The second-order valence-electron chi connectivity index (χ2n) is 7.76. The van der Waals surface area contributed by atoms with Gasteiger partial charge in [0.1, 0.15) is 5.75 Å². The molecule has 0 radical (unpaired) electrons. The van der Waals surface area contributed by atoms with E-state index in [1.807, 2.05) is 24.3 Å². The summed E-state index contributed by atoms with van der Waals surface area (Å²) in [5.41, 5.74) is 3.61. The number of rotatable bonds is 8. The summed E-state index contributed by atoms with van der Waals surface area (Å²) in [4.78, 5) is 2.44. The molecule has 5 nitrogen and oxygen atoms in total. The van der Waals surface area contributed by atoms with Gasteiger partial charge in [-0.15, -0.1) is 10.2 Å². The molecule has 1 aliphatic rings. The Morgan fingerprint density at radius 3 is 2.32 bits per heavy atom. The highest BCUT2D eigenvalue weighted by Gasteiger charge is 2.30. The number of hydrogen-bond acceptors (Lipinski definition) is 5. The first-order chi connectivity index (χ1) is 13.6. The summed E-state index contributed by atoms with van der Waals surface area (Å²) in [5.74, 6) is 2.58. The lowest BCUT2D eigenvalue weighted by atomic mass is 10.0. The molecule has 2 aromatic carbocycles. The summed E-state index contributed by atoms with van der Waals surface area (Å²) in [7, 11) is 1.66. The van der Waals surface area contributed by atoms with Gasteiger partial charge in [-0.2, -0.15) is 0 Å². The van der Waals surface area contributed by atoms with Gasteiger partial charge in [-0.1, -0.05) is 38.1 Å². The lowest BCUT2D eigenvalue weighted by molar-refractivity contribution is 0.221. The molecule has 0 aliphatic heterocycles. The Morgan fingerprint density at radius 2 is 1.71 bits per heavy atom. The Kier molecular flexibility index (Phi) is 5.44. The van der Waals surface area contributed by atoms with Crippen molar-refractivity contribution in [3.63, 3.8) is 0 Å². The van der Waals surface area contributed by atoms with Crippen molar-refractivity contribution >= 4 is 0 Å². The predicted molar refractivity (Wildman–Crippen MR) is 109 cm³/mol. The summed E-state index contributed by atoms with van der Waals surface area (Å²) < 4.78 is 11.1. The van der Waals surface area contributed by atoms with Crippen LogP contribution in [0.5, 0.6) is 5.75 Å². The van der Waals surface area contributed by atoms with E-state index >= 15 is 0 Å². The number of aromatic nitrogens is 2. The van der Waals surface area contributed by atoms with Crippen LogP contribution in [0.2, 0.25) is 0 Å². The van der Waals surface area contributed by atoms with Crippen LogP contribution < -0.4 is 4.74 Å². The quantitative estimate of drug-likeness (QED) is 0.551. The second-order valence-corrected chi connectivity index (χ2v) is 7.76. The molecule has 146 valence electrons. The molecule has 1 saturated carbocycles. The van der Waals surface area contributed by atoms with Crippen LogP contribution in [0.3, 0.4) is 0 Å². The lowest BCUT2D eigenvalue weighted by Crippen LogP contribution is -2.25. The van der Waals surface area contributed by atoms with E-state index in [1.165, 1.54) is 24.0 Å². The number of benzene rings is 2. The van der Waals surface area contributed by atoms with Crippen LogP contribution in [0.15, 0.2) is 52.9 Å². The minimum Gasteiger partial charge on any atom is -0.497 e. The van der Waals surface area contributed by atoms with E-state index in [0.717, 1.165) is 17.9 Å². The fourth-order valence-corrected chi connectivity index (χ4v) is 3.34. The van der Waals surface area contributed by atoms with Crippen molar-refractivity contribution in [3.8, 4) is 17.2 Å². The molecule has 0 N–H and O–H groups in total. The number of ether oxygens (including phenoxy) is 1. The van der Waals surface area contributed by atoms with Crippen molar-refractivity contribution in [1.29, 1.82) is 0 Å². The molecule has 4 rings (SSSR count). The summed E-state index contributed by atoms with van der Waals surface area (Å²) >= 11 is 0. The molecule has 0 saturated heterocycles. The summed E-state index contributed by atoms with van der Waals surface area (Å²) in [5, 5.41) is 8.50. The molecule has 3 aromatic rings. The Morgan fingerprint density at radius 1 is 1.00 bits per heavy atom. The average Bonchev–Trinajstić information content (AvgIpc) is 3.47. The van der Waals surface area contributed by atoms with E-state index in [1.54, 1.807) is 7.11 Å². The van der Waals surface area contributed by atoms with E-state index in [9.17, 15) is 0 Å². The van der Waals surface area contributed by atoms with Crippen LogP contribution in [-0.4, -0.2) is 28.2 Å². The summed E-state index contributed by atoms with van der Waals surface area (Å²) in [6.45, 7) is 6.03. The number of methoxy groups -OCH3 is 1. The van der Waals surface area contributed by atoms with Gasteiger partial charge in [0, 0.05) is 18.2 Å². The third-order valence-electron chi connectivity index (χ3n) is 5.24. The van der Waals surface area contributed by atoms with Crippen molar-refractivity contribution in [3.05, 3.63) is 65.5 Å². The zero-order valence-corrected chi connectivity index (χ0v) is 16.8. The first kappa shape index (κ1) is 18.7. The maximum Gasteiger partial charge on any atom is 0.247 e. The molecule has 1 heterocycles. The van der Waals surface area contributed by atoms with Gasteiger partial charge in [-0.25, -0.2) is 0 Å². The molecule has 28 heavy (non-hydrogen) atoms. The second kappa shape index (κ2) is 8.15. The van der Waals surface area contributed by atoms with Gasteiger partial charge < -0.3 is 9.15 Å². The minimum absolute atomic E-state index is 0.551. The van der Waals surface area contributed by atoms with Gasteiger partial charge in [0.2, 0.25) is 11.8 Å². The van der Waals surface area contributed by atoms with E-state index < -0.39 is 0 Å².